The minimum absolute atomic E-state index is 0.659. The Morgan fingerprint density at radius 1 is 1.16 bits per heavy atom. The van der Waals surface area contributed by atoms with Crippen molar-refractivity contribution in [1.29, 1.82) is 0 Å². The minimum atomic E-state index is 0.659. The van der Waals surface area contributed by atoms with E-state index in [1.807, 2.05) is 31.2 Å². The van der Waals surface area contributed by atoms with Crippen LogP contribution in [0.25, 0.3) is 11.0 Å². The summed E-state index contributed by atoms with van der Waals surface area (Å²) in [6.45, 7) is 4.11. The molecule has 0 radical (unpaired) electrons. The molecule has 0 amide bonds. The van der Waals surface area contributed by atoms with Gasteiger partial charge in [0, 0.05) is 19.0 Å². The maximum atomic E-state index is 5.94. The van der Waals surface area contributed by atoms with Crippen molar-refractivity contribution >= 4 is 28.5 Å². The Hall–Kier alpha value is -1.35. The molecule has 1 aromatic heterocycles. The van der Waals surface area contributed by atoms with Crippen molar-refractivity contribution in [1.82, 2.24) is 9.97 Å². The predicted octanol–water partition coefficient (Wildman–Crippen LogP) is 3.39. The number of aromatic nitrogens is 2. The Bertz CT molecular complexity index is 577. The van der Waals surface area contributed by atoms with Crippen molar-refractivity contribution in [3.05, 3.63) is 30.0 Å². The highest BCUT2D eigenvalue weighted by atomic mass is 35.5. The van der Waals surface area contributed by atoms with Gasteiger partial charge < -0.3 is 4.90 Å². The first-order chi connectivity index (χ1) is 9.28. The number of benzene rings is 1. The fourth-order valence-electron chi connectivity index (χ4n) is 2.68. The van der Waals surface area contributed by atoms with E-state index in [2.05, 4.69) is 9.88 Å². The average Bonchev–Trinajstić information content (AvgIpc) is 2.47. The number of nitrogens with zero attached hydrogens (tertiary/aromatic N) is 3. The Morgan fingerprint density at radius 2 is 1.79 bits per heavy atom. The number of aryl methyl sites for hydroxylation is 1. The smallest absolute Gasteiger partial charge is 0.150 e. The number of para-hydroxylation sites is 2. The van der Waals surface area contributed by atoms with Gasteiger partial charge in [-0.05, 0) is 37.8 Å². The molecule has 2 aromatic rings. The van der Waals surface area contributed by atoms with E-state index in [1.165, 1.54) is 0 Å². The number of fused-ring (bicyclic) bond motifs is 1. The molecule has 1 aliphatic rings. The number of piperidine rings is 1. The molecule has 0 bridgehead atoms. The van der Waals surface area contributed by atoms with Gasteiger partial charge in [-0.3, -0.25) is 0 Å². The van der Waals surface area contributed by atoms with Gasteiger partial charge in [-0.2, -0.15) is 0 Å². The number of rotatable bonds is 2. The highest BCUT2D eigenvalue weighted by Crippen LogP contribution is 2.25. The van der Waals surface area contributed by atoms with Crippen molar-refractivity contribution < 1.29 is 0 Å². The molecule has 3 rings (SSSR count). The Labute approximate surface area is 118 Å². The highest BCUT2D eigenvalue weighted by Gasteiger charge is 2.21. The van der Waals surface area contributed by atoms with Crippen molar-refractivity contribution in [3.8, 4) is 0 Å². The molecule has 1 fully saturated rings. The van der Waals surface area contributed by atoms with Gasteiger partial charge in [0.1, 0.15) is 0 Å². The number of halogens is 1. The molecular weight excluding hydrogens is 258 g/mol. The molecule has 0 atom stereocenters. The molecular formula is C15H18ClN3. The predicted molar refractivity (Wildman–Crippen MR) is 79.9 cm³/mol. The summed E-state index contributed by atoms with van der Waals surface area (Å²) in [7, 11) is 0. The second kappa shape index (κ2) is 5.33. The van der Waals surface area contributed by atoms with Crippen molar-refractivity contribution in [2.24, 2.45) is 5.92 Å². The van der Waals surface area contributed by atoms with E-state index in [1.54, 1.807) is 0 Å². The third-order valence-corrected chi connectivity index (χ3v) is 4.29. The summed E-state index contributed by atoms with van der Waals surface area (Å²) in [4.78, 5) is 11.8. The van der Waals surface area contributed by atoms with Crippen LogP contribution in [0.3, 0.4) is 0 Å². The molecule has 0 spiro atoms. The lowest BCUT2D eigenvalue weighted by Crippen LogP contribution is -2.35. The summed E-state index contributed by atoms with van der Waals surface area (Å²) in [5, 5.41) is 0. The van der Waals surface area contributed by atoms with Crippen LogP contribution >= 0.6 is 11.6 Å². The molecule has 1 aliphatic heterocycles. The molecule has 0 saturated carbocycles. The Balaban J connectivity index is 1.90. The van der Waals surface area contributed by atoms with Gasteiger partial charge >= 0.3 is 0 Å². The third kappa shape index (κ3) is 2.52. The van der Waals surface area contributed by atoms with Gasteiger partial charge in [0.25, 0.3) is 0 Å². The zero-order valence-electron chi connectivity index (χ0n) is 11.1. The van der Waals surface area contributed by atoms with E-state index in [0.717, 1.165) is 54.4 Å². The van der Waals surface area contributed by atoms with E-state index in [-0.39, 0.29) is 0 Å². The number of anilines is 1. The van der Waals surface area contributed by atoms with Gasteiger partial charge in [-0.15, -0.1) is 11.6 Å². The zero-order valence-corrected chi connectivity index (χ0v) is 11.9. The summed E-state index contributed by atoms with van der Waals surface area (Å²) in [5.41, 5.74) is 2.96. The lowest BCUT2D eigenvalue weighted by molar-refractivity contribution is 0.440. The molecule has 1 saturated heterocycles. The van der Waals surface area contributed by atoms with Crippen LogP contribution < -0.4 is 4.90 Å². The fourth-order valence-corrected chi connectivity index (χ4v) is 2.99. The first kappa shape index (κ1) is 12.7. The van der Waals surface area contributed by atoms with Crippen molar-refractivity contribution in [2.75, 3.05) is 23.9 Å². The number of hydrogen-bond acceptors (Lipinski definition) is 3. The molecule has 0 N–H and O–H groups in total. The molecule has 0 aliphatic carbocycles. The van der Waals surface area contributed by atoms with Crippen LogP contribution in [0.15, 0.2) is 24.3 Å². The standard InChI is InChI=1S/C15H18ClN3/c1-11-15(19-8-6-12(10-16)7-9-19)18-14-5-3-2-4-13(14)17-11/h2-5,12H,6-10H2,1H3. The van der Waals surface area contributed by atoms with E-state index < -0.39 is 0 Å². The second-order valence-corrected chi connectivity index (χ2v) is 5.51. The maximum Gasteiger partial charge on any atom is 0.150 e. The van der Waals surface area contributed by atoms with Crippen LogP contribution in [-0.2, 0) is 0 Å². The lowest BCUT2D eigenvalue weighted by Gasteiger charge is -2.32. The van der Waals surface area contributed by atoms with Gasteiger partial charge in [-0.25, -0.2) is 9.97 Å². The SMILES string of the molecule is Cc1nc2ccccc2nc1N1CCC(CCl)CC1. The minimum Gasteiger partial charge on any atom is -0.355 e. The largest absolute Gasteiger partial charge is 0.355 e. The van der Waals surface area contributed by atoms with Crippen LogP contribution in [0, 0.1) is 12.8 Å². The summed E-state index contributed by atoms with van der Waals surface area (Å²) in [5.74, 6) is 2.47. The normalized spacial score (nSPS) is 17.1. The van der Waals surface area contributed by atoms with Gasteiger partial charge in [0.2, 0.25) is 0 Å². The van der Waals surface area contributed by atoms with Crippen LogP contribution in [-0.4, -0.2) is 28.9 Å². The van der Waals surface area contributed by atoms with E-state index in [0.29, 0.717) is 5.92 Å². The molecule has 100 valence electrons. The monoisotopic (exact) mass is 275 g/mol. The Morgan fingerprint density at radius 3 is 2.42 bits per heavy atom. The molecule has 1 aromatic carbocycles. The summed E-state index contributed by atoms with van der Waals surface area (Å²) >= 11 is 5.94. The third-order valence-electron chi connectivity index (χ3n) is 3.85. The van der Waals surface area contributed by atoms with E-state index in [4.69, 9.17) is 16.6 Å². The topological polar surface area (TPSA) is 29.0 Å². The number of alkyl halides is 1. The molecule has 3 nitrogen and oxygen atoms in total. The van der Waals surface area contributed by atoms with Crippen molar-refractivity contribution in [3.63, 3.8) is 0 Å². The average molecular weight is 276 g/mol. The highest BCUT2D eigenvalue weighted by molar-refractivity contribution is 6.18. The maximum absolute atomic E-state index is 5.94. The van der Waals surface area contributed by atoms with Gasteiger partial charge in [-0.1, -0.05) is 12.1 Å². The fraction of sp³-hybridized carbons (Fsp3) is 0.467. The molecule has 2 heterocycles. The molecule has 4 heteroatoms. The van der Waals surface area contributed by atoms with Crippen LogP contribution in [0.5, 0.6) is 0 Å². The van der Waals surface area contributed by atoms with Gasteiger partial charge in [0.05, 0.1) is 16.7 Å². The second-order valence-electron chi connectivity index (χ2n) is 5.21. The molecule has 0 unspecified atom stereocenters. The Kier molecular flexibility index (Phi) is 3.56. The summed E-state index contributed by atoms with van der Waals surface area (Å²) in [6.07, 6.45) is 2.30. The van der Waals surface area contributed by atoms with E-state index in [9.17, 15) is 0 Å². The first-order valence-corrected chi connectivity index (χ1v) is 7.35. The molecule has 19 heavy (non-hydrogen) atoms. The van der Waals surface area contributed by atoms with Crippen LogP contribution in [0.2, 0.25) is 0 Å². The summed E-state index contributed by atoms with van der Waals surface area (Å²) < 4.78 is 0. The zero-order chi connectivity index (χ0) is 13.2. The number of hydrogen-bond donors (Lipinski definition) is 0. The summed E-state index contributed by atoms with van der Waals surface area (Å²) in [6, 6.07) is 8.05. The van der Waals surface area contributed by atoms with Crippen molar-refractivity contribution in [2.45, 2.75) is 19.8 Å². The lowest BCUT2D eigenvalue weighted by atomic mass is 9.99. The van der Waals surface area contributed by atoms with Crippen LogP contribution in [0.4, 0.5) is 5.82 Å². The quantitative estimate of drug-likeness (QED) is 0.787. The van der Waals surface area contributed by atoms with E-state index >= 15 is 0 Å². The first-order valence-electron chi connectivity index (χ1n) is 6.82. The van der Waals surface area contributed by atoms with Crippen LogP contribution in [0.1, 0.15) is 18.5 Å². The van der Waals surface area contributed by atoms with Gasteiger partial charge in [0.15, 0.2) is 5.82 Å².